The zero-order chi connectivity index (χ0) is 31.3. The molecule has 6 heteroatoms. The molecule has 0 heterocycles. The van der Waals surface area contributed by atoms with Crippen LogP contribution in [0, 0.1) is 0 Å². The molecule has 5 rings (SSSR count). The van der Waals surface area contributed by atoms with E-state index in [0.29, 0.717) is 43.4 Å². The number of amides is 1. The lowest BCUT2D eigenvalue weighted by Gasteiger charge is -2.26. The smallest absolute Gasteiger partial charge is 0.248 e. The Morgan fingerprint density at radius 2 is 1.24 bits per heavy atom. The molecule has 0 saturated heterocycles. The summed E-state index contributed by atoms with van der Waals surface area (Å²) < 4.78 is 12.4. The van der Waals surface area contributed by atoms with Crippen molar-refractivity contribution in [3.8, 4) is 11.5 Å². The first-order valence-corrected chi connectivity index (χ1v) is 15.3. The molecule has 45 heavy (non-hydrogen) atoms. The number of rotatable bonds is 16. The van der Waals surface area contributed by atoms with Gasteiger partial charge in [0, 0.05) is 18.7 Å². The summed E-state index contributed by atoms with van der Waals surface area (Å²) >= 11 is 0. The number of aryl methyl sites for hydroxylation is 1. The van der Waals surface area contributed by atoms with Crippen LogP contribution in [0.25, 0.3) is 0 Å². The van der Waals surface area contributed by atoms with Crippen LogP contribution in [0.1, 0.15) is 50.7 Å². The van der Waals surface area contributed by atoms with E-state index in [1.54, 1.807) is 6.07 Å². The van der Waals surface area contributed by atoms with Gasteiger partial charge in [-0.25, -0.2) is 0 Å². The second kappa shape index (κ2) is 16.2. The van der Waals surface area contributed by atoms with Crippen LogP contribution in [-0.4, -0.2) is 29.0 Å². The molecule has 3 N–H and O–H groups in total. The van der Waals surface area contributed by atoms with Crippen LogP contribution < -0.4 is 15.2 Å². The molecule has 0 aromatic heterocycles. The zero-order valence-corrected chi connectivity index (χ0v) is 25.4. The average molecular weight is 601 g/mol. The van der Waals surface area contributed by atoms with Crippen LogP contribution >= 0.6 is 0 Å². The molecular weight excluding hydrogens is 560 g/mol. The van der Waals surface area contributed by atoms with E-state index in [1.165, 1.54) is 5.56 Å². The van der Waals surface area contributed by atoms with Gasteiger partial charge < -0.3 is 20.3 Å². The Bertz CT molecular complexity index is 1630. The number of nitrogens with two attached hydrogens (primary N) is 1. The summed E-state index contributed by atoms with van der Waals surface area (Å²) in [6.07, 6.45) is 0.918. The molecule has 0 spiro atoms. The lowest BCUT2D eigenvalue weighted by atomic mass is 10.0. The Kier molecular flexibility index (Phi) is 11.4. The van der Waals surface area contributed by atoms with Crippen molar-refractivity contribution in [1.82, 2.24) is 4.90 Å². The second-order valence-corrected chi connectivity index (χ2v) is 11.2. The van der Waals surface area contributed by atoms with Crippen LogP contribution in [0.5, 0.6) is 11.5 Å². The number of benzene rings is 5. The molecule has 5 aromatic rings. The maximum absolute atomic E-state index is 11.6. The van der Waals surface area contributed by atoms with E-state index in [4.69, 9.17) is 15.2 Å². The molecule has 6 nitrogen and oxygen atoms in total. The number of aliphatic hydroxyl groups excluding tert-OH is 1. The highest BCUT2D eigenvalue weighted by atomic mass is 16.5. The van der Waals surface area contributed by atoms with E-state index in [-0.39, 0.29) is 0 Å². The van der Waals surface area contributed by atoms with Crippen LogP contribution in [0.4, 0.5) is 0 Å². The number of primary amides is 1. The maximum atomic E-state index is 11.6. The zero-order valence-electron chi connectivity index (χ0n) is 25.4. The van der Waals surface area contributed by atoms with Crippen molar-refractivity contribution in [2.24, 2.45) is 5.73 Å². The summed E-state index contributed by atoms with van der Waals surface area (Å²) in [6.45, 7) is 2.71. The summed E-state index contributed by atoms with van der Waals surface area (Å²) in [5.74, 6) is 0.801. The summed E-state index contributed by atoms with van der Waals surface area (Å²) in [5.41, 5.74) is 11.1. The first-order chi connectivity index (χ1) is 22.0. The average Bonchev–Trinajstić information content (AvgIpc) is 3.08. The van der Waals surface area contributed by atoms with E-state index in [2.05, 4.69) is 17.0 Å². The van der Waals surface area contributed by atoms with Crippen LogP contribution in [0.15, 0.2) is 133 Å². The van der Waals surface area contributed by atoms with E-state index >= 15 is 0 Å². The van der Waals surface area contributed by atoms with Crippen LogP contribution in [-0.2, 0) is 26.2 Å². The van der Waals surface area contributed by atoms with Gasteiger partial charge in [-0.1, -0.05) is 109 Å². The third-order valence-corrected chi connectivity index (χ3v) is 7.66. The van der Waals surface area contributed by atoms with Gasteiger partial charge in [-0.05, 0) is 71.5 Å². The fourth-order valence-electron chi connectivity index (χ4n) is 5.25. The van der Waals surface area contributed by atoms with Crippen LogP contribution in [0.2, 0.25) is 0 Å². The van der Waals surface area contributed by atoms with Gasteiger partial charge in [-0.3, -0.25) is 9.69 Å². The highest BCUT2D eigenvalue weighted by molar-refractivity contribution is 5.92. The number of nitrogens with zero attached hydrogens (tertiary/aromatic N) is 1. The molecule has 1 amide bonds. The first kappa shape index (κ1) is 31.5. The molecular formula is C39H40N2O4. The lowest BCUT2D eigenvalue weighted by molar-refractivity contribution is 0.0999. The quantitative estimate of drug-likeness (QED) is 0.126. The Morgan fingerprint density at radius 1 is 0.667 bits per heavy atom. The molecule has 1 atom stereocenters. The standard InChI is InChI=1S/C39H40N2O4/c40-39(43)35-20-10-18-30(24-35)19-11-23-41(26-31-12-4-1-5-13-31)27-36(42)34-21-22-37(44-28-32-14-6-2-7-15-32)38(25-34)45-29-33-16-8-3-9-17-33/h1-10,12-18,20-22,24-25,36,42H,11,19,23,26-29H2,(H2,40,43). The number of hydrogen-bond donors (Lipinski definition) is 2. The number of ether oxygens (including phenoxy) is 2. The minimum absolute atomic E-state index is 0.388. The van der Waals surface area contributed by atoms with Crippen molar-refractivity contribution >= 4 is 5.91 Å². The SMILES string of the molecule is NC(=O)c1cccc(CCCN(Cc2ccccc2)CC(O)c2ccc(OCc3ccccc3)c(OCc3ccccc3)c2)c1. The number of aliphatic hydroxyl groups is 1. The van der Waals surface area contributed by atoms with Crippen LogP contribution in [0.3, 0.4) is 0 Å². The number of carbonyl (C=O) groups excluding carboxylic acids is 1. The summed E-state index contributed by atoms with van der Waals surface area (Å²) in [7, 11) is 0. The topological polar surface area (TPSA) is 85.0 Å². The molecule has 230 valence electrons. The Morgan fingerprint density at radius 3 is 1.87 bits per heavy atom. The van der Waals surface area contributed by atoms with Crippen molar-refractivity contribution in [3.05, 3.63) is 167 Å². The van der Waals surface area contributed by atoms with E-state index in [9.17, 15) is 9.90 Å². The molecule has 0 aliphatic heterocycles. The van der Waals surface area contributed by atoms with Gasteiger partial charge in [-0.2, -0.15) is 0 Å². The second-order valence-electron chi connectivity index (χ2n) is 11.2. The van der Waals surface area contributed by atoms with Crippen molar-refractivity contribution in [2.45, 2.75) is 38.7 Å². The van der Waals surface area contributed by atoms with Gasteiger partial charge in [0.1, 0.15) is 13.2 Å². The first-order valence-electron chi connectivity index (χ1n) is 15.3. The third kappa shape index (κ3) is 9.80. The Labute approximate surface area is 265 Å². The minimum Gasteiger partial charge on any atom is -0.485 e. The van der Waals surface area contributed by atoms with Crippen molar-refractivity contribution < 1.29 is 19.4 Å². The molecule has 0 radical (unpaired) electrons. The monoisotopic (exact) mass is 600 g/mol. The number of carbonyl (C=O) groups is 1. The Balaban J connectivity index is 1.30. The molecule has 1 unspecified atom stereocenters. The summed E-state index contributed by atoms with van der Waals surface area (Å²) in [4.78, 5) is 13.9. The lowest BCUT2D eigenvalue weighted by Crippen LogP contribution is -2.29. The molecule has 0 saturated carbocycles. The predicted octanol–water partition coefficient (Wildman–Crippen LogP) is 7.11. The highest BCUT2D eigenvalue weighted by Crippen LogP contribution is 2.32. The Hall–Kier alpha value is -4.91. The van der Waals surface area contributed by atoms with E-state index in [1.807, 2.05) is 115 Å². The van der Waals surface area contributed by atoms with Crippen molar-refractivity contribution in [1.29, 1.82) is 0 Å². The predicted molar refractivity (Wildman–Crippen MR) is 178 cm³/mol. The van der Waals surface area contributed by atoms with Gasteiger partial charge in [-0.15, -0.1) is 0 Å². The third-order valence-electron chi connectivity index (χ3n) is 7.66. The van der Waals surface area contributed by atoms with Gasteiger partial charge in [0.05, 0.1) is 6.10 Å². The van der Waals surface area contributed by atoms with Crippen molar-refractivity contribution in [2.75, 3.05) is 13.1 Å². The maximum Gasteiger partial charge on any atom is 0.248 e. The van der Waals surface area contributed by atoms with Gasteiger partial charge in [0.15, 0.2) is 11.5 Å². The molecule has 5 aromatic carbocycles. The van der Waals surface area contributed by atoms with Gasteiger partial charge in [0.2, 0.25) is 5.91 Å². The van der Waals surface area contributed by atoms with E-state index < -0.39 is 12.0 Å². The fourth-order valence-corrected chi connectivity index (χ4v) is 5.25. The molecule has 0 aliphatic rings. The number of hydrogen-bond acceptors (Lipinski definition) is 5. The summed E-state index contributed by atoms with van der Waals surface area (Å²) in [6, 6.07) is 43.5. The van der Waals surface area contributed by atoms with Gasteiger partial charge >= 0.3 is 0 Å². The van der Waals surface area contributed by atoms with E-state index in [0.717, 1.165) is 41.6 Å². The normalized spacial score (nSPS) is 11.7. The minimum atomic E-state index is -0.742. The molecule has 0 aliphatic carbocycles. The summed E-state index contributed by atoms with van der Waals surface area (Å²) in [5, 5.41) is 11.5. The molecule has 0 fully saturated rings. The van der Waals surface area contributed by atoms with Crippen molar-refractivity contribution in [3.63, 3.8) is 0 Å². The highest BCUT2D eigenvalue weighted by Gasteiger charge is 2.17. The van der Waals surface area contributed by atoms with Gasteiger partial charge in [0.25, 0.3) is 0 Å². The fraction of sp³-hybridized carbons (Fsp3) is 0.205. The largest absolute Gasteiger partial charge is 0.485 e. The molecule has 0 bridgehead atoms.